The van der Waals surface area contributed by atoms with Crippen LogP contribution in [0.1, 0.15) is 25.3 Å². The van der Waals surface area contributed by atoms with E-state index in [-0.39, 0.29) is 5.75 Å². The van der Waals surface area contributed by atoms with Crippen LogP contribution in [-0.4, -0.2) is 18.8 Å². The lowest BCUT2D eigenvalue weighted by Gasteiger charge is -2.20. The maximum Gasteiger partial charge on any atom is 0.426 e. The van der Waals surface area contributed by atoms with Gasteiger partial charge in [-0.15, -0.1) is 0 Å². The smallest absolute Gasteiger partial charge is 0.426 e. The summed E-state index contributed by atoms with van der Waals surface area (Å²) in [6.45, 7) is 3.43. The number of rotatable bonds is 4. The molecule has 1 atom stereocenters. The van der Waals surface area contributed by atoms with Gasteiger partial charge in [-0.2, -0.15) is 13.2 Å². The van der Waals surface area contributed by atoms with Gasteiger partial charge in [-0.3, -0.25) is 0 Å². The van der Waals surface area contributed by atoms with Crippen molar-refractivity contribution >= 4 is 0 Å². The van der Waals surface area contributed by atoms with Crippen molar-refractivity contribution in [3.8, 4) is 5.75 Å². The first-order chi connectivity index (χ1) is 7.84. The molecule has 0 aromatic heterocycles. The van der Waals surface area contributed by atoms with Gasteiger partial charge in [0.05, 0.1) is 0 Å². The van der Waals surface area contributed by atoms with Crippen molar-refractivity contribution < 1.29 is 17.9 Å². The Morgan fingerprint density at radius 2 is 1.71 bits per heavy atom. The fourth-order valence-electron chi connectivity index (χ4n) is 1.34. The van der Waals surface area contributed by atoms with Crippen LogP contribution in [0.25, 0.3) is 0 Å². The predicted molar refractivity (Wildman–Crippen MR) is 60.1 cm³/mol. The fourth-order valence-corrected chi connectivity index (χ4v) is 1.34. The van der Waals surface area contributed by atoms with Gasteiger partial charge in [0.15, 0.2) is 0 Å². The molecule has 2 nitrogen and oxygen atoms in total. The lowest BCUT2D eigenvalue weighted by Crippen LogP contribution is -2.40. The van der Waals surface area contributed by atoms with E-state index in [9.17, 15) is 13.2 Å². The van der Waals surface area contributed by atoms with Crippen molar-refractivity contribution in [1.82, 2.24) is 0 Å². The summed E-state index contributed by atoms with van der Waals surface area (Å²) < 4.78 is 42.0. The molecule has 96 valence electrons. The molecule has 0 aliphatic heterocycles. The molecular weight excluding hydrogens is 231 g/mol. The first-order valence-electron chi connectivity index (χ1n) is 5.38. The Hall–Kier alpha value is -1.23. The Morgan fingerprint density at radius 3 is 2.06 bits per heavy atom. The zero-order chi connectivity index (χ0) is 13.1. The molecule has 0 heterocycles. The maximum atomic E-state index is 12.4. The van der Waals surface area contributed by atoms with Crippen molar-refractivity contribution in [2.75, 3.05) is 6.54 Å². The zero-order valence-corrected chi connectivity index (χ0v) is 9.79. The molecule has 0 spiro atoms. The van der Waals surface area contributed by atoms with Gasteiger partial charge in [-0.25, -0.2) is 0 Å². The largest absolute Gasteiger partial charge is 0.480 e. The van der Waals surface area contributed by atoms with Crippen LogP contribution in [0, 0.1) is 0 Å². The Morgan fingerprint density at radius 1 is 1.18 bits per heavy atom. The molecule has 2 N–H and O–H groups in total. The van der Waals surface area contributed by atoms with E-state index in [1.165, 1.54) is 12.1 Å². The van der Waals surface area contributed by atoms with E-state index in [0.29, 0.717) is 5.92 Å². The highest BCUT2D eigenvalue weighted by Crippen LogP contribution is 2.25. The Bertz CT molecular complexity index is 346. The van der Waals surface area contributed by atoms with Crippen LogP contribution < -0.4 is 10.5 Å². The number of ether oxygens (including phenoxy) is 1. The van der Waals surface area contributed by atoms with E-state index in [4.69, 9.17) is 10.5 Å². The Kier molecular flexibility index (Phi) is 4.40. The molecule has 1 aromatic carbocycles. The van der Waals surface area contributed by atoms with Crippen LogP contribution >= 0.6 is 0 Å². The molecule has 0 amide bonds. The topological polar surface area (TPSA) is 35.2 Å². The van der Waals surface area contributed by atoms with E-state index in [1.54, 1.807) is 12.1 Å². The van der Waals surface area contributed by atoms with Crippen molar-refractivity contribution in [2.24, 2.45) is 5.73 Å². The molecule has 0 radical (unpaired) electrons. The number of nitrogens with two attached hydrogens (primary N) is 1. The second-order valence-corrected chi connectivity index (χ2v) is 4.11. The molecule has 0 fully saturated rings. The summed E-state index contributed by atoms with van der Waals surface area (Å²) in [6.07, 6.45) is -6.39. The third-order valence-electron chi connectivity index (χ3n) is 2.40. The second kappa shape index (κ2) is 5.40. The predicted octanol–water partition coefficient (Wildman–Crippen LogP) is 3.08. The first kappa shape index (κ1) is 13.8. The van der Waals surface area contributed by atoms with Crippen molar-refractivity contribution in [2.45, 2.75) is 32.0 Å². The molecule has 1 unspecified atom stereocenters. The van der Waals surface area contributed by atoms with E-state index in [0.717, 1.165) is 5.56 Å². The van der Waals surface area contributed by atoms with Gasteiger partial charge in [0.1, 0.15) is 5.75 Å². The minimum absolute atomic E-state index is 0.183. The summed E-state index contributed by atoms with van der Waals surface area (Å²) in [5.74, 6) is 0.513. The first-order valence-corrected chi connectivity index (χ1v) is 5.38. The summed E-state index contributed by atoms with van der Waals surface area (Å²) in [6, 6.07) is 6.57. The lowest BCUT2D eigenvalue weighted by molar-refractivity contribution is -0.191. The Balaban J connectivity index is 2.74. The van der Waals surface area contributed by atoms with Gasteiger partial charge in [-0.1, -0.05) is 26.0 Å². The van der Waals surface area contributed by atoms with Gasteiger partial charge < -0.3 is 10.5 Å². The van der Waals surface area contributed by atoms with Crippen LogP contribution in [0.2, 0.25) is 0 Å². The van der Waals surface area contributed by atoms with Crippen LogP contribution in [0.3, 0.4) is 0 Å². The third-order valence-corrected chi connectivity index (χ3v) is 2.40. The lowest BCUT2D eigenvalue weighted by atomic mass is 10.0. The molecule has 0 bridgehead atoms. The highest BCUT2D eigenvalue weighted by Gasteiger charge is 2.40. The van der Waals surface area contributed by atoms with Crippen LogP contribution in [-0.2, 0) is 0 Å². The molecule has 0 saturated heterocycles. The number of benzene rings is 1. The summed E-state index contributed by atoms with van der Waals surface area (Å²) in [5.41, 5.74) is 6.09. The number of hydrogen-bond donors (Lipinski definition) is 1. The molecule has 5 heteroatoms. The quantitative estimate of drug-likeness (QED) is 0.887. The van der Waals surface area contributed by atoms with Crippen LogP contribution in [0.5, 0.6) is 5.75 Å². The maximum absolute atomic E-state index is 12.4. The van der Waals surface area contributed by atoms with Crippen molar-refractivity contribution in [1.29, 1.82) is 0 Å². The Labute approximate surface area is 98.6 Å². The molecule has 0 saturated carbocycles. The highest BCUT2D eigenvalue weighted by molar-refractivity contribution is 5.29. The van der Waals surface area contributed by atoms with Gasteiger partial charge in [0.2, 0.25) is 6.10 Å². The monoisotopic (exact) mass is 247 g/mol. The van der Waals surface area contributed by atoms with E-state index in [2.05, 4.69) is 0 Å². The fraction of sp³-hybridized carbons (Fsp3) is 0.500. The summed E-state index contributed by atoms with van der Waals surface area (Å²) in [4.78, 5) is 0. The molecule has 1 rings (SSSR count). The molecular formula is C12H16F3NO. The second-order valence-electron chi connectivity index (χ2n) is 4.11. The molecule has 0 aliphatic carbocycles. The SMILES string of the molecule is CC(C)c1ccc(OC(CN)C(F)(F)F)cc1. The minimum atomic E-state index is -4.44. The molecule has 1 aromatic rings. The normalized spacial score (nSPS) is 13.8. The number of alkyl halides is 3. The standard InChI is InChI=1S/C12H16F3NO/c1-8(2)9-3-5-10(6-4-9)17-11(7-16)12(13,14)15/h3-6,8,11H,7,16H2,1-2H3. The minimum Gasteiger partial charge on any atom is -0.480 e. The average molecular weight is 247 g/mol. The average Bonchev–Trinajstić information content (AvgIpc) is 2.24. The zero-order valence-electron chi connectivity index (χ0n) is 9.79. The van der Waals surface area contributed by atoms with E-state index >= 15 is 0 Å². The van der Waals surface area contributed by atoms with Gasteiger partial charge >= 0.3 is 6.18 Å². The van der Waals surface area contributed by atoms with Gasteiger partial charge in [0.25, 0.3) is 0 Å². The van der Waals surface area contributed by atoms with Crippen LogP contribution in [0.15, 0.2) is 24.3 Å². The molecule has 17 heavy (non-hydrogen) atoms. The van der Waals surface area contributed by atoms with Crippen molar-refractivity contribution in [3.63, 3.8) is 0 Å². The van der Waals surface area contributed by atoms with Gasteiger partial charge in [-0.05, 0) is 23.6 Å². The van der Waals surface area contributed by atoms with Crippen LogP contribution in [0.4, 0.5) is 13.2 Å². The third kappa shape index (κ3) is 3.93. The molecule has 0 aliphatic rings. The van der Waals surface area contributed by atoms with Gasteiger partial charge in [0, 0.05) is 6.54 Å². The summed E-state index contributed by atoms with van der Waals surface area (Å²) >= 11 is 0. The van der Waals surface area contributed by atoms with E-state index < -0.39 is 18.8 Å². The van der Waals surface area contributed by atoms with E-state index in [1.807, 2.05) is 13.8 Å². The number of hydrogen-bond acceptors (Lipinski definition) is 2. The number of halogens is 3. The summed E-state index contributed by atoms with van der Waals surface area (Å²) in [7, 11) is 0. The highest BCUT2D eigenvalue weighted by atomic mass is 19.4. The summed E-state index contributed by atoms with van der Waals surface area (Å²) in [5, 5.41) is 0. The van der Waals surface area contributed by atoms with Crippen molar-refractivity contribution in [3.05, 3.63) is 29.8 Å².